The summed E-state index contributed by atoms with van der Waals surface area (Å²) < 4.78 is 26.8. The minimum atomic E-state index is -3.37. The molecule has 7 heteroatoms. The number of piperazine rings is 1. The molecule has 0 aromatic heterocycles. The minimum absolute atomic E-state index is 0.00147. The Morgan fingerprint density at radius 1 is 0.963 bits per heavy atom. The summed E-state index contributed by atoms with van der Waals surface area (Å²) in [5.74, 6) is 0.837. The van der Waals surface area contributed by atoms with Crippen molar-refractivity contribution < 1.29 is 13.2 Å². The summed E-state index contributed by atoms with van der Waals surface area (Å²) in [6, 6.07) is 16.9. The van der Waals surface area contributed by atoms with Crippen LogP contribution in [0.15, 0.2) is 54.6 Å². The van der Waals surface area contributed by atoms with E-state index in [0.29, 0.717) is 31.7 Å². The molecule has 144 valence electrons. The average Bonchev–Trinajstić information content (AvgIpc) is 2.68. The molecule has 0 unspecified atom stereocenters. The Morgan fingerprint density at radius 2 is 1.63 bits per heavy atom. The van der Waals surface area contributed by atoms with Gasteiger partial charge in [-0.2, -0.15) is 16.1 Å². The third kappa shape index (κ3) is 5.12. The van der Waals surface area contributed by atoms with Gasteiger partial charge in [0.15, 0.2) is 0 Å². The van der Waals surface area contributed by atoms with Crippen molar-refractivity contribution in [3.63, 3.8) is 0 Å². The molecule has 27 heavy (non-hydrogen) atoms. The maximum absolute atomic E-state index is 12.8. The SMILES string of the molecule is CSCc1cccc(C(=O)N2CCN(S(=O)(=O)Cc3ccccc3)CC2)c1. The van der Waals surface area contributed by atoms with Crippen molar-refractivity contribution in [2.75, 3.05) is 32.4 Å². The molecule has 0 N–H and O–H groups in total. The first-order valence-corrected chi connectivity index (χ1v) is 11.9. The molecular formula is C20H24N2O3S2. The van der Waals surface area contributed by atoms with Crippen molar-refractivity contribution in [2.45, 2.75) is 11.5 Å². The smallest absolute Gasteiger partial charge is 0.253 e. The standard InChI is InChI=1S/C20H24N2O3S2/c1-26-15-18-8-5-9-19(14-18)20(23)21-10-12-22(13-11-21)27(24,25)16-17-6-3-2-4-7-17/h2-9,14H,10-13,15-16H2,1H3. The molecule has 0 aliphatic carbocycles. The van der Waals surface area contributed by atoms with Gasteiger partial charge in [0.1, 0.15) is 0 Å². The highest BCUT2D eigenvalue weighted by atomic mass is 32.2. The van der Waals surface area contributed by atoms with Crippen molar-refractivity contribution >= 4 is 27.7 Å². The van der Waals surface area contributed by atoms with Gasteiger partial charge in [-0.1, -0.05) is 42.5 Å². The second-order valence-electron chi connectivity index (χ2n) is 6.57. The Labute approximate surface area is 165 Å². The summed E-state index contributed by atoms with van der Waals surface area (Å²) in [4.78, 5) is 14.5. The lowest BCUT2D eigenvalue weighted by Crippen LogP contribution is -2.50. The fourth-order valence-electron chi connectivity index (χ4n) is 3.19. The lowest BCUT2D eigenvalue weighted by molar-refractivity contribution is 0.0697. The molecule has 0 atom stereocenters. The van der Waals surface area contributed by atoms with Gasteiger partial charge in [0.25, 0.3) is 5.91 Å². The Hall–Kier alpha value is -1.83. The minimum Gasteiger partial charge on any atom is -0.336 e. The Kier molecular flexibility index (Phi) is 6.57. The highest BCUT2D eigenvalue weighted by molar-refractivity contribution is 7.97. The van der Waals surface area contributed by atoms with E-state index >= 15 is 0 Å². The number of sulfonamides is 1. The van der Waals surface area contributed by atoms with Crippen LogP contribution < -0.4 is 0 Å². The summed E-state index contributed by atoms with van der Waals surface area (Å²) in [6.45, 7) is 1.51. The molecule has 1 aliphatic rings. The lowest BCUT2D eigenvalue weighted by Gasteiger charge is -2.34. The van der Waals surface area contributed by atoms with Crippen LogP contribution >= 0.6 is 11.8 Å². The predicted octanol–water partition coefficient (Wildman–Crippen LogP) is 2.84. The summed E-state index contributed by atoms with van der Waals surface area (Å²) in [6.07, 6.45) is 2.03. The molecule has 1 fully saturated rings. The zero-order chi connectivity index (χ0) is 19.3. The van der Waals surface area contributed by atoms with Crippen LogP contribution in [0.25, 0.3) is 0 Å². The van der Waals surface area contributed by atoms with Gasteiger partial charge in [-0.25, -0.2) is 8.42 Å². The van der Waals surface area contributed by atoms with E-state index in [9.17, 15) is 13.2 Å². The molecule has 1 saturated heterocycles. The zero-order valence-electron chi connectivity index (χ0n) is 15.4. The summed E-state index contributed by atoms with van der Waals surface area (Å²) in [5, 5.41) is 0. The number of thioether (sulfide) groups is 1. The van der Waals surface area contributed by atoms with E-state index in [1.807, 2.05) is 60.9 Å². The molecule has 1 heterocycles. The maximum Gasteiger partial charge on any atom is 0.253 e. The number of hydrogen-bond acceptors (Lipinski definition) is 4. The number of carbonyl (C=O) groups is 1. The molecule has 1 aliphatic heterocycles. The predicted molar refractivity (Wildman–Crippen MR) is 110 cm³/mol. The fraction of sp³-hybridized carbons (Fsp3) is 0.350. The van der Waals surface area contributed by atoms with E-state index < -0.39 is 10.0 Å². The Bertz CT molecular complexity index is 877. The fourth-order valence-corrected chi connectivity index (χ4v) is 5.22. The van der Waals surface area contributed by atoms with E-state index in [2.05, 4.69) is 0 Å². The highest BCUT2D eigenvalue weighted by Crippen LogP contribution is 2.17. The third-order valence-corrected chi connectivity index (χ3v) is 7.07. The van der Waals surface area contributed by atoms with Crippen LogP contribution in [-0.4, -0.2) is 56.0 Å². The molecular weight excluding hydrogens is 380 g/mol. The average molecular weight is 405 g/mol. The van der Waals surface area contributed by atoms with Crippen LogP contribution in [0.2, 0.25) is 0 Å². The van der Waals surface area contributed by atoms with E-state index in [4.69, 9.17) is 0 Å². The monoisotopic (exact) mass is 404 g/mol. The van der Waals surface area contributed by atoms with E-state index in [-0.39, 0.29) is 11.7 Å². The van der Waals surface area contributed by atoms with Crippen LogP contribution in [0, 0.1) is 0 Å². The van der Waals surface area contributed by atoms with Crippen molar-refractivity contribution in [3.05, 3.63) is 71.3 Å². The molecule has 3 rings (SSSR count). The summed E-state index contributed by atoms with van der Waals surface area (Å²) in [5.41, 5.74) is 2.57. The first-order chi connectivity index (χ1) is 13.0. The van der Waals surface area contributed by atoms with Gasteiger partial charge in [0.05, 0.1) is 5.75 Å². The Balaban J connectivity index is 1.61. The first-order valence-electron chi connectivity index (χ1n) is 8.88. The van der Waals surface area contributed by atoms with Crippen LogP contribution in [0.5, 0.6) is 0 Å². The largest absolute Gasteiger partial charge is 0.336 e. The van der Waals surface area contributed by atoms with Crippen LogP contribution in [0.1, 0.15) is 21.5 Å². The number of carbonyl (C=O) groups excluding carboxylic acids is 1. The zero-order valence-corrected chi connectivity index (χ0v) is 17.0. The molecule has 5 nitrogen and oxygen atoms in total. The van der Waals surface area contributed by atoms with Gasteiger partial charge in [-0.05, 0) is 29.5 Å². The van der Waals surface area contributed by atoms with Crippen LogP contribution in [0.3, 0.4) is 0 Å². The quantitative estimate of drug-likeness (QED) is 0.743. The summed E-state index contributed by atoms with van der Waals surface area (Å²) in [7, 11) is -3.37. The van der Waals surface area contributed by atoms with Crippen molar-refractivity contribution in [3.8, 4) is 0 Å². The van der Waals surface area contributed by atoms with Gasteiger partial charge in [-0.3, -0.25) is 4.79 Å². The van der Waals surface area contributed by atoms with E-state index in [1.165, 1.54) is 4.31 Å². The molecule has 2 aromatic carbocycles. The topological polar surface area (TPSA) is 57.7 Å². The number of rotatable bonds is 6. The Morgan fingerprint density at radius 3 is 2.30 bits per heavy atom. The molecule has 1 amide bonds. The highest BCUT2D eigenvalue weighted by Gasteiger charge is 2.29. The lowest BCUT2D eigenvalue weighted by atomic mass is 10.1. The molecule has 0 bridgehead atoms. The van der Waals surface area contributed by atoms with E-state index in [0.717, 1.165) is 16.9 Å². The van der Waals surface area contributed by atoms with Crippen LogP contribution in [-0.2, 0) is 21.5 Å². The van der Waals surface area contributed by atoms with Crippen molar-refractivity contribution in [1.82, 2.24) is 9.21 Å². The third-order valence-electron chi connectivity index (χ3n) is 4.60. The first kappa shape index (κ1) is 19.9. The van der Waals surface area contributed by atoms with Gasteiger partial charge in [-0.15, -0.1) is 0 Å². The number of hydrogen-bond donors (Lipinski definition) is 0. The second-order valence-corrected chi connectivity index (χ2v) is 9.40. The number of nitrogens with zero attached hydrogens (tertiary/aromatic N) is 2. The van der Waals surface area contributed by atoms with Gasteiger partial charge in [0.2, 0.25) is 10.0 Å². The molecule has 2 aromatic rings. The normalized spacial score (nSPS) is 15.7. The molecule has 0 spiro atoms. The van der Waals surface area contributed by atoms with Gasteiger partial charge in [0, 0.05) is 37.5 Å². The molecule has 0 radical (unpaired) electrons. The van der Waals surface area contributed by atoms with Crippen molar-refractivity contribution in [2.24, 2.45) is 0 Å². The van der Waals surface area contributed by atoms with Gasteiger partial charge >= 0.3 is 0 Å². The maximum atomic E-state index is 12.8. The second kappa shape index (κ2) is 8.91. The van der Waals surface area contributed by atoms with Crippen LogP contribution in [0.4, 0.5) is 0 Å². The molecule has 0 saturated carbocycles. The number of benzene rings is 2. The number of amides is 1. The van der Waals surface area contributed by atoms with Gasteiger partial charge < -0.3 is 4.90 Å². The summed E-state index contributed by atoms with van der Waals surface area (Å²) >= 11 is 1.72. The van der Waals surface area contributed by atoms with E-state index in [1.54, 1.807) is 16.7 Å². The van der Waals surface area contributed by atoms with Crippen molar-refractivity contribution in [1.29, 1.82) is 0 Å².